The van der Waals surface area contributed by atoms with Crippen molar-refractivity contribution in [1.82, 2.24) is 0 Å². The highest BCUT2D eigenvalue weighted by Gasteiger charge is 2.25. The predicted octanol–water partition coefficient (Wildman–Crippen LogP) is 0.669. The Morgan fingerprint density at radius 1 is 1.26 bits per heavy atom. The third-order valence-corrected chi connectivity index (χ3v) is 3.49. The number of carbonyl (C=O) groups excluding carboxylic acids is 1. The molecule has 0 spiro atoms. The molecule has 0 atom stereocenters. The Balaban J connectivity index is 2.20. The number of piperidine rings is 1. The van der Waals surface area contributed by atoms with Gasteiger partial charge < -0.3 is 21.5 Å². The number of anilines is 2. The molecule has 1 saturated heterocycles. The Hall–Kier alpha value is -2.24. The third kappa shape index (κ3) is 2.78. The van der Waals surface area contributed by atoms with E-state index >= 15 is 0 Å². The smallest absolute Gasteiger partial charge is 0.337 e. The number of amides is 1. The molecule has 1 heterocycles. The highest BCUT2D eigenvalue weighted by molar-refractivity contribution is 5.95. The predicted molar refractivity (Wildman–Crippen MR) is 71.9 cm³/mol. The lowest BCUT2D eigenvalue weighted by Gasteiger charge is -2.33. The molecular weight excluding hydrogens is 246 g/mol. The SMILES string of the molecule is NC(=O)C1CCN(c2ccc(N)cc2C(=O)O)CC1. The molecule has 6 nitrogen and oxygen atoms in total. The first-order valence-electron chi connectivity index (χ1n) is 6.16. The second-order valence-electron chi connectivity index (χ2n) is 4.75. The van der Waals surface area contributed by atoms with Gasteiger partial charge >= 0.3 is 5.97 Å². The summed E-state index contributed by atoms with van der Waals surface area (Å²) in [6, 6.07) is 4.85. The van der Waals surface area contributed by atoms with E-state index in [0.29, 0.717) is 37.3 Å². The molecule has 1 aromatic carbocycles. The Morgan fingerprint density at radius 2 is 1.89 bits per heavy atom. The van der Waals surface area contributed by atoms with Crippen LogP contribution in [-0.4, -0.2) is 30.1 Å². The van der Waals surface area contributed by atoms with E-state index < -0.39 is 5.97 Å². The molecule has 102 valence electrons. The number of hydrogen-bond donors (Lipinski definition) is 3. The number of nitrogens with zero attached hydrogens (tertiary/aromatic N) is 1. The van der Waals surface area contributed by atoms with Gasteiger partial charge in [-0.1, -0.05) is 0 Å². The van der Waals surface area contributed by atoms with E-state index in [1.165, 1.54) is 6.07 Å². The summed E-state index contributed by atoms with van der Waals surface area (Å²) in [6.07, 6.45) is 1.30. The molecule has 1 aromatic rings. The first kappa shape index (κ1) is 13.2. The molecule has 0 radical (unpaired) electrons. The largest absolute Gasteiger partial charge is 0.478 e. The van der Waals surface area contributed by atoms with Crippen LogP contribution in [0.1, 0.15) is 23.2 Å². The quantitative estimate of drug-likeness (QED) is 0.694. The summed E-state index contributed by atoms with van der Waals surface area (Å²) in [4.78, 5) is 24.3. The van der Waals surface area contributed by atoms with Gasteiger partial charge in [-0.05, 0) is 31.0 Å². The minimum absolute atomic E-state index is 0.113. The summed E-state index contributed by atoms with van der Waals surface area (Å²) >= 11 is 0. The van der Waals surface area contributed by atoms with Crippen LogP contribution < -0.4 is 16.4 Å². The summed E-state index contributed by atoms with van der Waals surface area (Å²) in [6.45, 7) is 1.25. The van der Waals surface area contributed by atoms with E-state index in [1.807, 2.05) is 4.90 Å². The van der Waals surface area contributed by atoms with Gasteiger partial charge in [-0.3, -0.25) is 4.79 Å². The van der Waals surface area contributed by atoms with Crippen molar-refractivity contribution in [3.05, 3.63) is 23.8 Å². The van der Waals surface area contributed by atoms with Gasteiger partial charge in [0.05, 0.1) is 11.3 Å². The minimum atomic E-state index is -1.00. The van der Waals surface area contributed by atoms with Crippen molar-refractivity contribution in [2.75, 3.05) is 23.7 Å². The Morgan fingerprint density at radius 3 is 2.42 bits per heavy atom. The molecule has 0 bridgehead atoms. The van der Waals surface area contributed by atoms with Crippen LogP contribution in [0.4, 0.5) is 11.4 Å². The van der Waals surface area contributed by atoms with Gasteiger partial charge in [-0.15, -0.1) is 0 Å². The normalized spacial score (nSPS) is 16.3. The fourth-order valence-electron chi connectivity index (χ4n) is 2.41. The molecule has 5 N–H and O–H groups in total. The number of rotatable bonds is 3. The number of primary amides is 1. The number of carbonyl (C=O) groups is 2. The Kier molecular flexibility index (Phi) is 3.59. The minimum Gasteiger partial charge on any atom is -0.478 e. The Bertz CT molecular complexity index is 508. The monoisotopic (exact) mass is 263 g/mol. The van der Waals surface area contributed by atoms with E-state index in [4.69, 9.17) is 11.5 Å². The molecule has 2 rings (SSSR count). The van der Waals surface area contributed by atoms with E-state index in [2.05, 4.69) is 0 Å². The lowest BCUT2D eigenvalue weighted by molar-refractivity contribution is -0.122. The van der Waals surface area contributed by atoms with Gasteiger partial charge in [-0.25, -0.2) is 4.79 Å². The molecule has 1 fully saturated rings. The van der Waals surface area contributed by atoms with Gasteiger partial charge in [0.1, 0.15) is 0 Å². The molecular formula is C13H17N3O3. The highest BCUT2D eigenvalue weighted by atomic mass is 16.4. The van der Waals surface area contributed by atoms with Crippen molar-refractivity contribution < 1.29 is 14.7 Å². The first-order valence-corrected chi connectivity index (χ1v) is 6.16. The van der Waals surface area contributed by atoms with Crippen LogP contribution in [0.2, 0.25) is 0 Å². The molecule has 6 heteroatoms. The lowest BCUT2D eigenvalue weighted by Crippen LogP contribution is -2.39. The van der Waals surface area contributed by atoms with Crippen LogP contribution in [0.3, 0.4) is 0 Å². The summed E-state index contributed by atoms with van der Waals surface area (Å²) in [5.41, 5.74) is 12.2. The van der Waals surface area contributed by atoms with Gasteiger partial charge in [-0.2, -0.15) is 0 Å². The average Bonchev–Trinajstić information content (AvgIpc) is 2.38. The van der Waals surface area contributed by atoms with Gasteiger partial charge in [0.2, 0.25) is 5.91 Å². The molecule has 1 amide bonds. The lowest BCUT2D eigenvalue weighted by atomic mass is 9.95. The van der Waals surface area contributed by atoms with E-state index in [-0.39, 0.29) is 17.4 Å². The van der Waals surface area contributed by atoms with Gasteiger partial charge in [0, 0.05) is 24.7 Å². The maximum absolute atomic E-state index is 11.2. The number of benzene rings is 1. The first-order chi connectivity index (χ1) is 8.99. The number of nitrogen functional groups attached to an aromatic ring is 1. The fraction of sp³-hybridized carbons (Fsp3) is 0.385. The molecule has 19 heavy (non-hydrogen) atoms. The maximum Gasteiger partial charge on any atom is 0.337 e. The van der Waals surface area contributed by atoms with Crippen molar-refractivity contribution in [2.24, 2.45) is 11.7 Å². The van der Waals surface area contributed by atoms with Crippen LogP contribution >= 0.6 is 0 Å². The molecule has 0 unspecified atom stereocenters. The van der Waals surface area contributed by atoms with Crippen LogP contribution in [0.15, 0.2) is 18.2 Å². The van der Waals surface area contributed by atoms with Crippen LogP contribution in [-0.2, 0) is 4.79 Å². The third-order valence-electron chi connectivity index (χ3n) is 3.49. The molecule has 1 aliphatic rings. The van der Waals surface area contributed by atoms with E-state index in [0.717, 1.165) is 0 Å². The fourth-order valence-corrected chi connectivity index (χ4v) is 2.41. The zero-order chi connectivity index (χ0) is 14.0. The van der Waals surface area contributed by atoms with Crippen LogP contribution in [0.25, 0.3) is 0 Å². The number of carboxylic acid groups (broad SMARTS) is 1. The standard InChI is InChI=1S/C13H17N3O3/c14-9-1-2-11(10(7-9)13(18)19)16-5-3-8(4-6-16)12(15)17/h1-2,7-8H,3-6,14H2,(H2,15,17)(H,18,19). The van der Waals surface area contributed by atoms with Crippen molar-refractivity contribution >= 4 is 23.3 Å². The van der Waals surface area contributed by atoms with E-state index in [9.17, 15) is 14.7 Å². The van der Waals surface area contributed by atoms with Crippen molar-refractivity contribution in [1.29, 1.82) is 0 Å². The zero-order valence-corrected chi connectivity index (χ0v) is 10.5. The Labute approximate surface area is 111 Å². The summed E-state index contributed by atoms with van der Waals surface area (Å²) < 4.78 is 0. The molecule has 0 aliphatic carbocycles. The number of aromatic carboxylic acids is 1. The molecule has 1 aliphatic heterocycles. The number of nitrogens with two attached hydrogens (primary N) is 2. The summed E-state index contributed by atoms with van der Waals surface area (Å²) in [5.74, 6) is -1.40. The number of hydrogen-bond acceptors (Lipinski definition) is 4. The van der Waals surface area contributed by atoms with Gasteiger partial charge in [0.15, 0.2) is 0 Å². The topological polar surface area (TPSA) is 110 Å². The zero-order valence-electron chi connectivity index (χ0n) is 10.5. The molecule has 0 aromatic heterocycles. The van der Waals surface area contributed by atoms with Crippen molar-refractivity contribution in [2.45, 2.75) is 12.8 Å². The maximum atomic E-state index is 11.2. The van der Waals surface area contributed by atoms with Crippen molar-refractivity contribution in [3.8, 4) is 0 Å². The van der Waals surface area contributed by atoms with E-state index in [1.54, 1.807) is 12.1 Å². The van der Waals surface area contributed by atoms with Crippen LogP contribution in [0, 0.1) is 5.92 Å². The molecule has 0 saturated carbocycles. The average molecular weight is 263 g/mol. The second-order valence-corrected chi connectivity index (χ2v) is 4.75. The van der Waals surface area contributed by atoms with Crippen molar-refractivity contribution in [3.63, 3.8) is 0 Å². The summed E-state index contributed by atoms with van der Waals surface area (Å²) in [5, 5.41) is 9.20. The van der Waals surface area contributed by atoms with Crippen LogP contribution in [0.5, 0.6) is 0 Å². The summed E-state index contributed by atoms with van der Waals surface area (Å²) in [7, 11) is 0. The highest BCUT2D eigenvalue weighted by Crippen LogP contribution is 2.27. The van der Waals surface area contributed by atoms with Gasteiger partial charge in [0.25, 0.3) is 0 Å². The number of carboxylic acids is 1. The second kappa shape index (κ2) is 5.17.